The number of nitrogens with one attached hydrogen (secondary N) is 1. The third kappa shape index (κ3) is 3.63. The average Bonchev–Trinajstić information content (AvgIpc) is 2.80. The van der Waals surface area contributed by atoms with Gasteiger partial charge in [0.05, 0.1) is 6.10 Å². The lowest BCUT2D eigenvalue weighted by atomic mass is 10.1. The van der Waals surface area contributed by atoms with Crippen LogP contribution < -0.4 is 5.32 Å². The molecule has 5 nitrogen and oxygen atoms in total. The number of ether oxygens (including phenoxy) is 1. The molecule has 1 fully saturated rings. The number of aromatic nitrogens is 2. The van der Waals surface area contributed by atoms with Crippen LogP contribution >= 0.6 is 11.5 Å². The molecular formula is C12H22N4OS. The molecule has 2 rings (SSSR count). The molecule has 0 radical (unpaired) electrons. The Morgan fingerprint density at radius 2 is 2.17 bits per heavy atom. The fourth-order valence-corrected chi connectivity index (χ4v) is 2.93. The maximum absolute atomic E-state index is 5.66. The van der Waals surface area contributed by atoms with Crippen molar-refractivity contribution in [1.29, 1.82) is 0 Å². The highest BCUT2D eigenvalue weighted by molar-refractivity contribution is 7.10. The zero-order chi connectivity index (χ0) is 12.8. The number of nitrogens with zero attached hydrogens (tertiary/aromatic N) is 3. The predicted octanol–water partition coefficient (Wildman–Crippen LogP) is 1.97. The smallest absolute Gasteiger partial charge is 0.134 e. The van der Waals surface area contributed by atoms with Gasteiger partial charge in [-0.25, -0.2) is 0 Å². The van der Waals surface area contributed by atoms with E-state index >= 15 is 0 Å². The van der Waals surface area contributed by atoms with Crippen LogP contribution in [0.25, 0.3) is 0 Å². The normalized spacial score (nSPS) is 18.1. The van der Waals surface area contributed by atoms with Crippen molar-refractivity contribution < 1.29 is 4.74 Å². The summed E-state index contributed by atoms with van der Waals surface area (Å²) in [6.07, 6.45) is 2.71. The first-order valence-electron chi connectivity index (χ1n) is 6.72. The van der Waals surface area contributed by atoms with Gasteiger partial charge in [0, 0.05) is 44.3 Å². The molecule has 1 aliphatic rings. The van der Waals surface area contributed by atoms with Crippen molar-refractivity contribution in [3.63, 3.8) is 0 Å². The third-order valence-corrected chi connectivity index (χ3v) is 3.93. The molecule has 102 valence electrons. The second kappa shape index (κ2) is 7.01. The first kappa shape index (κ1) is 13.7. The summed E-state index contributed by atoms with van der Waals surface area (Å²) in [5.74, 6) is 0. The van der Waals surface area contributed by atoms with Gasteiger partial charge in [-0.05, 0) is 26.7 Å². The molecule has 0 unspecified atom stereocenters. The molecule has 6 heteroatoms. The van der Waals surface area contributed by atoms with Crippen LogP contribution in [0, 0.1) is 0 Å². The number of anilines is 1. The number of likely N-dealkylation sites (tertiary alicyclic amines) is 1. The van der Waals surface area contributed by atoms with E-state index < -0.39 is 0 Å². The van der Waals surface area contributed by atoms with Crippen LogP contribution in [0.3, 0.4) is 0 Å². The zero-order valence-electron chi connectivity index (χ0n) is 11.2. The van der Waals surface area contributed by atoms with E-state index in [2.05, 4.69) is 33.7 Å². The van der Waals surface area contributed by atoms with Crippen molar-refractivity contribution in [2.24, 2.45) is 0 Å². The monoisotopic (exact) mass is 270 g/mol. The van der Waals surface area contributed by atoms with Gasteiger partial charge >= 0.3 is 0 Å². The molecule has 18 heavy (non-hydrogen) atoms. The van der Waals surface area contributed by atoms with Crippen LogP contribution in [0.15, 0.2) is 0 Å². The summed E-state index contributed by atoms with van der Waals surface area (Å²) in [7, 11) is 0. The molecule has 1 aliphatic heterocycles. The molecule has 0 saturated carbocycles. The van der Waals surface area contributed by atoms with Crippen LogP contribution in [-0.4, -0.2) is 46.8 Å². The van der Waals surface area contributed by atoms with Crippen molar-refractivity contribution in [2.45, 2.75) is 39.3 Å². The Morgan fingerprint density at radius 3 is 2.83 bits per heavy atom. The number of piperidine rings is 1. The first-order chi connectivity index (χ1) is 8.83. The van der Waals surface area contributed by atoms with Crippen molar-refractivity contribution in [2.75, 3.05) is 31.6 Å². The highest BCUT2D eigenvalue weighted by Crippen LogP contribution is 2.21. The van der Waals surface area contributed by atoms with Gasteiger partial charge in [-0.1, -0.05) is 4.49 Å². The maximum Gasteiger partial charge on any atom is 0.134 e. The van der Waals surface area contributed by atoms with Crippen LogP contribution in [0.2, 0.25) is 0 Å². The molecule has 1 N–H and O–H groups in total. The molecular weight excluding hydrogens is 248 g/mol. The number of hydrogen-bond donors (Lipinski definition) is 1. The summed E-state index contributed by atoms with van der Waals surface area (Å²) in [6.45, 7) is 8.99. The van der Waals surface area contributed by atoms with E-state index in [4.69, 9.17) is 4.74 Å². The Kier molecular flexibility index (Phi) is 5.34. The predicted molar refractivity (Wildman–Crippen MR) is 74.0 cm³/mol. The summed E-state index contributed by atoms with van der Waals surface area (Å²) in [5.41, 5.74) is 1.08. The molecule has 1 aromatic heterocycles. The van der Waals surface area contributed by atoms with Crippen molar-refractivity contribution in [1.82, 2.24) is 14.5 Å². The van der Waals surface area contributed by atoms with Gasteiger partial charge in [0.1, 0.15) is 10.7 Å². The lowest BCUT2D eigenvalue weighted by Gasteiger charge is -2.31. The molecule has 0 aromatic carbocycles. The fourth-order valence-electron chi connectivity index (χ4n) is 2.29. The van der Waals surface area contributed by atoms with Gasteiger partial charge in [0.2, 0.25) is 0 Å². The van der Waals surface area contributed by atoms with Gasteiger partial charge in [-0.2, -0.15) is 0 Å². The van der Waals surface area contributed by atoms with E-state index in [0.29, 0.717) is 6.10 Å². The topological polar surface area (TPSA) is 50.3 Å². The highest BCUT2D eigenvalue weighted by atomic mass is 32.1. The molecule has 0 amide bonds. The quantitative estimate of drug-likeness (QED) is 0.856. The summed E-state index contributed by atoms with van der Waals surface area (Å²) in [4.78, 5) is 2.44. The maximum atomic E-state index is 5.66. The van der Waals surface area contributed by atoms with E-state index in [1.807, 2.05) is 0 Å². The van der Waals surface area contributed by atoms with Gasteiger partial charge in [0.15, 0.2) is 0 Å². The number of hydrogen-bond acceptors (Lipinski definition) is 6. The SMILES string of the molecule is CCNc1snnc1CN1CCC(OCC)CC1. The van der Waals surface area contributed by atoms with Crippen LogP contribution in [-0.2, 0) is 11.3 Å². The van der Waals surface area contributed by atoms with E-state index in [0.717, 1.165) is 56.3 Å². The van der Waals surface area contributed by atoms with Crippen LogP contribution in [0.1, 0.15) is 32.4 Å². The molecule has 0 aliphatic carbocycles. The lowest BCUT2D eigenvalue weighted by molar-refractivity contribution is 0.0123. The molecule has 2 heterocycles. The Bertz CT molecular complexity index is 350. The summed E-state index contributed by atoms with van der Waals surface area (Å²) in [6, 6.07) is 0. The highest BCUT2D eigenvalue weighted by Gasteiger charge is 2.21. The summed E-state index contributed by atoms with van der Waals surface area (Å²) >= 11 is 1.45. The van der Waals surface area contributed by atoms with E-state index in [9.17, 15) is 0 Å². The third-order valence-electron chi connectivity index (χ3n) is 3.20. The number of rotatable bonds is 6. The Hall–Kier alpha value is -0.720. The van der Waals surface area contributed by atoms with Gasteiger partial charge in [0.25, 0.3) is 0 Å². The zero-order valence-corrected chi connectivity index (χ0v) is 12.0. The molecule has 0 atom stereocenters. The minimum Gasteiger partial charge on any atom is -0.378 e. The average molecular weight is 270 g/mol. The molecule has 1 aromatic rings. The molecule has 0 bridgehead atoms. The molecule has 0 spiro atoms. The molecule has 1 saturated heterocycles. The Balaban J connectivity index is 1.82. The van der Waals surface area contributed by atoms with Crippen molar-refractivity contribution in [3.05, 3.63) is 5.69 Å². The first-order valence-corrected chi connectivity index (χ1v) is 7.49. The van der Waals surface area contributed by atoms with Crippen molar-refractivity contribution >= 4 is 16.5 Å². The van der Waals surface area contributed by atoms with Gasteiger partial charge < -0.3 is 10.1 Å². The Morgan fingerprint density at radius 1 is 1.39 bits per heavy atom. The minimum atomic E-state index is 0.452. The minimum absolute atomic E-state index is 0.452. The Labute approximate surface area is 113 Å². The van der Waals surface area contributed by atoms with E-state index in [1.165, 1.54) is 11.5 Å². The van der Waals surface area contributed by atoms with E-state index in [1.54, 1.807) is 0 Å². The second-order valence-corrected chi connectivity index (χ2v) is 5.26. The van der Waals surface area contributed by atoms with E-state index in [-0.39, 0.29) is 0 Å². The standard InChI is InChI=1S/C12H22N4OS/c1-3-13-12-11(14-15-18-12)9-16-7-5-10(6-8-16)17-4-2/h10,13H,3-9H2,1-2H3. The van der Waals surface area contributed by atoms with Crippen molar-refractivity contribution in [3.8, 4) is 0 Å². The van der Waals surface area contributed by atoms with Crippen LogP contribution in [0.5, 0.6) is 0 Å². The fraction of sp³-hybridized carbons (Fsp3) is 0.833. The largest absolute Gasteiger partial charge is 0.378 e. The lowest BCUT2D eigenvalue weighted by Crippen LogP contribution is -2.36. The van der Waals surface area contributed by atoms with Gasteiger partial charge in [-0.15, -0.1) is 5.10 Å². The second-order valence-electron chi connectivity index (χ2n) is 4.51. The van der Waals surface area contributed by atoms with Gasteiger partial charge in [-0.3, -0.25) is 4.90 Å². The summed E-state index contributed by atoms with van der Waals surface area (Å²) < 4.78 is 9.69. The summed E-state index contributed by atoms with van der Waals surface area (Å²) in [5, 5.41) is 8.65. The van der Waals surface area contributed by atoms with Crippen LogP contribution in [0.4, 0.5) is 5.00 Å².